The van der Waals surface area contributed by atoms with Gasteiger partial charge in [-0.25, -0.2) is 9.07 Å². The van der Waals surface area contributed by atoms with Crippen LogP contribution in [0.2, 0.25) is 0 Å². The number of thiophene rings is 1. The summed E-state index contributed by atoms with van der Waals surface area (Å²) in [7, 11) is 0. The summed E-state index contributed by atoms with van der Waals surface area (Å²) in [6, 6.07) is 9.65. The molecule has 7 nitrogen and oxygen atoms in total. The molecule has 9 heteroatoms. The van der Waals surface area contributed by atoms with Crippen molar-refractivity contribution >= 4 is 33.8 Å². The molecule has 0 fully saturated rings. The Bertz CT molecular complexity index is 1290. The van der Waals surface area contributed by atoms with Gasteiger partial charge in [0.1, 0.15) is 23.6 Å². The molecule has 1 amide bonds. The number of nitrogens with one attached hydrogen (secondary N) is 1. The minimum Gasteiger partial charge on any atom is -0.322 e. The topological polar surface area (TPSA) is 81.8 Å². The van der Waals surface area contributed by atoms with Crippen molar-refractivity contribution in [3.63, 3.8) is 0 Å². The van der Waals surface area contributed by atoms with Crippen LogP contribution in [-0.2, 0) is 16.9 Å². The maximum Gasteiger partial charge on any atom is 0.293 e. The van der Waals surface area contributed by atoms with E-state index in [0.29, 0.717) is 16.6 Å². The first kappa shape index (κ1) is 20.0. The first-order chi connectivity index (χ1) is 14.3. The molecular formula is C21H20FN5O2S. The van der Waals surface area contributed by atoms with Crippen molar-refractivity contribution < 1.29 is 9.18 Å². The van der Waals surface area contributed by atoms with Crippen LogP contribution < -0.4 is 10.9 Å². The number of hydrogen-bond acceptors (Lipinski definition) is 5. The fourth-order valence-electron chi connectivity index (χ4n) is 3.17. The van der Waals surface area contributed by atoms with E-state index in [1.807, 2.05) is 38.3 Å². The fraction of sp³-hybridized carbons (Fsp3) is 0.238. The molecule has 0 aliphatic carbocycles. The normalized spacial score (nSPS) is 11.7. The highest BCUT2D eigenvalue weighted by atomic mass is 32.1. The Kier molecular flexibility index (Phi) is 4.98. The summed E-state index contributed by atoms with van der Waals surface area (Å²) < 4.78 is 16.6. The van der Waals surface area contributed by atoms with Gasteiger partial charge >= 0.3 is 0 Å². The van der Waals surface area contributed by atoms with Crippen LogP contribution in [0, 0.1) is 5.82 Å². The number of benzene rings is 1. The number of carbonyl (C=O) groups excluding carboxylic acids is 1. The van der Waals surface area contributed by atoms with Gasteiger partial charge in [0.05, 0.1) is 27.7 Å². The van der Waals surface area contributed by atoms with Crippen LogP contribution in [0.1, 0.15) is 20.8 Å². The largest absolute Gasteiger partial charge is 0.322 e. The molecule has 3 heterocycles. The first-order valence-corrected chi connectivity index (χ1v) is 10.2. The number of fused-ring (bicyclic) bond motifs is 1. The number of halogens is 1. The molecule has 0 unspecified atom stereocenters. The second-order valence-electron chi connectivity index (χ2n) is 7.81. The zero-order valence-corrected chi connectivity index (χ0v) is 17.5. The van der Waals surface area contributed by atoms with E-state index in [-0.39, 0.29) is 12.2 Å². The molecule has 0 atom stereocenters. The minimum atomic E-state index is -0.549. The number of hydrogen-bond donors (Lipinski definition) is 1. The summed E-state index contributed by atoms with van der Waals surface area (Å²) >= 11 is 1.48. The minimum absolute atomic E-state index is 0.0508. The molecule has 30 heavy (non-hydrogen) atoms. The van der Waals surface area contributed by atoms with Gasteiger partial charge in [-0.3, -0.25) is 14.3 Å². The quantitative estimate of drug-likeness (QED) is 0.538. The highest BCUT2D eigenvalue weighted by Gasteiger charge is 2.24. The third kappa shape index (κ3) is 3.63. The Hall–Kier alpha value is -3.33. The monoisotopic (exact) mass is 425 g/mol. The van der Waals surface area contributed by atoms with E-state index in [0.717, 1.165) is 9.56 Å². The third-order valence-electron chi connectivity index (χ3n) is 4.51. The Morgan fingerprint density at radius 1 is 1.20 bits per heavy atom. The van der Waals surface area contributed by atoms with E-state index in [9.17, 15) is 14.0 Å². The molecular weight excluding hydrogens is 405 g/mol. The smallest absolute Gasteiger partial charge is 0.293 e. The predicted octanol–water partition coefficient (Wildman–Crippen LogP) is 3.85. The number of nitrogens with zero attached hydrogens (tertiary/aromatic N) is 4. The van der Waals surface area contributed by atoms with Crippen LogP contribution in [0.3, 0.4) is 0 Å². The van der Waals surface area contributed by atoms with Gasteiger partial charge in [-0.1, -0.05) is 18.2 Å². The molecule has 154 valence electrons. The van der Waals surface area contributed by atoms with Crippen molar-refractivity contribution in [2.45, 2.75) is 32.9 Å². The summed E-state index contributed by atoms with van der Waals surface area (Å²) in [4.78, 5) is 26.6. The Morgan fingerprint density at radius 2 is 1.97 bits per heavy atom. The van der Waals surface area contributed by atoms with Gasteiger partial charge in [-0.15, -0.1) is 11.3 Å². The molecule has 0 saturated heterocycles. The van der Waals surface area contributed by atoms with Crippen LogP contribution in [0.15, 0.2) is 52.8 Å². The number of para-hydroxylation sites is 1. The highest BCUT2D eigenvalue weighted by molar-refractivity contribution is 7.13. The van der Waals surface area contributed by atoms with Gasteiger partial charge in [0.25, 0.3) is 5.56 Å². The molecule has 1 aromatic carbocycles. The lowest BCUT2D eigenvalue weighted by Gasteiger charge is -2.20. The fourth-order valence-corrected chi connectivity index (χ4v) is 3.89. The van der Waals surface area contributed by atoms with Crippen LogP contribution >= 0.6 is 11.3 Å². The Labute approximate surface area is 175 Å². The lowest BCUT2D eigenvalue weighted by Crippen LogP contribution is -2.33. The molecule has 0 aliphatic rings. The van der Waals surface area contributed by atoms with Gasteiger partial charge in [0.15, 0.2) is 0 Å². The van der Waals surface area contributed by atoms with Gasteiger partial charge < -0.3 is 5.32 Å². The van der Waals surface area contributed by atoms with E-state index in [4.69, 9.17) is 0 Å². The summed E-state index contributed by atoms with van der Waals surface area (Å²) in [5, 5.41) is 13.9. The molecule has 1 N–H and O–H groups in total. The third-order valence-corrected chi connectivity index (χ3v) is 5.39. The summed E-state index contributed by atoms with van der Waals surface area (Å²) in [5.74, 6) is -1.10. The van der Waals surface area contributed by atoms with E-state index >= 15 is 0 Å². The van der Waals surface area contributed by atoms with Crippen molar-refractivity contribution in [3.05, 3.63) is 64.1 Å². The summed E-state index contributed by atoms with van der Waals surface area (Å²) in [6.07, 6.45) is 1.63. The molecule has 3 aromatic heterocycles. The van der Waals surface area contributed by atoms with Gasteiger partial charge in [0, 0.05) is 0 Å². The summed E-state index contributed by atoms with van der Waals surface area (Å²) in [5.41, 5.74) is 0.132. The molecule has 0 aliphatic heterocycles. The maximum absolute atomic E-state index is 13.9. The molecule has 0 bridgehead atoms. The standard InChI is InChI=1S/C21H20FN5O2S/c1-21(2,3)27-19-13(11-23-27)18(16-9-6-10-30-16)25-26(20(19)29)12-17(28)24-15-8-5-4-7-14(15)22/h4-11H,12H2,1-3H3,(H,24,28). The van der Waals surface area contributed by atoms with E-state index in [1.165, 1.54) is 29.5 Å². The van der Waals surface area contributed by atoms with E-state index in [1.54, 1.807) is 16.9 Å². The number of aromatic nitrogens is 4. The van der Waals surface area contributed by atoms with Crippen molar-refractivity contribution in [2.75, 3.05) is 5.32 Å². The number of anilines is 1. The van der Waals surface area contributed by atoms with Gasteiger partial charge in [-0.05, 0) is 44.4 Å². The Balaban J connectivity index is 1.81. The number of amides is 1. The predicted molar refractivity (Wildman–Crippen MR) is 115 cm³/mol. The lowest BCUT2D eigenvalue weighted by atomic mass is 10.1. The van der Waals surface area contributed by atoms with Crippen molar-refractivity contribution in [2.24, 2.45) is 0 Å². The second-order valence-corrected chi connectivity index (χ2v) is 8.75. The highest BCUT2D eigenvalue weighted by Crippen LogP contribution is 2.30. The maximum atomic E-state index is 13.9. The SMILES string of the molecule is CC(C)(C)n1ncc2c(-c3cccs3)nn(CC(=O)Nc3ccccc3F)c(=O)c21. The average Bonchev–Trinajstić information content (AvgIpc) is 3.35. The summed E-state index contributed by atoms with van der Waals surface area (Å²) in [6.45, 7) is 5.48. The molecule has 0 spiro atoms. The zero-order valence-electron chi connectivity index (χ0n) is 16.7. The van der Waals surface area contributed by atoms with Crippen molar-refractivity contribution in [1.29, 1.82) is 0 Å². The molecule has 0 saturated carbocycles. The van der Waals surface area contributed by atoms with Crippen molar-refractivity contribution in [1.82, 2.24) is 19.6 Å². The van der Waals surface area contributed by atoms with Gasteiger partial charge in [-0.2, -0.15) is 10.2 Å². The van der Waals surface area contributed by atoms with Crippen LogP contribution in [0.4, 0.5) is 10.1 Å². The van der Waals surface area contributed by atoms with Crippen LogP contribution in [0.25, 0.3) is 21.5 Å². The van der Waals surface area contributed by atoms with E-state index in [2.05, 4.69) is 15.5 Å². The van der Waals surface area contributed by atoms with Crippen LogP contribution in [-0.4, -0.2) is 25.5 Å². The zero-order chi connectivity index (χ0) is 21.5. The molecule has 4 rings (SSSR count). The number of rotatable bonds is 4. The first-order valence-electron chi connectivity index (χ1n) is 9.33. The molecule has 0 radical (unpaired) electrons. The van der Waals surface area contributed by atoms with Gasteiger partial charge in [0.2, 0.25) is 5.91 Å². The number of carbonyl (C=O) groups is 1. The van der Waals surface area contributed by atoms with E-state index < -0.39 is 22.8 Å². The van der Waals surface area contributed by atoms with Crippen molar-refractivity contribution in [3.8, 4) is 10.6 Å². The van der Waals surface area contributed by atoms with Crippen LogP contribution in [0.5, 0.6) is 0 Å². The molecule has 4 aromatic rings. The lowest BCUT2D eigenvalue weighted by molar-refractivity contribution is -0.117. The second kappa shape index (κ2) is 7.49. The Morgan fingerprint density at radius 3 is 2.63 bits per heavy atom. The average molecular weight is 425 g/mol.